The van der Waals surface area contributed by atoms with E-state index in [1.165, 1.54) is 22.7 Å². The van der Waals surface area contributed by atoms with E-state index in [1.54, 1.807) is 12.4 Å². The molecule has 4 rings (SSSR count). The smallest absolute Gasteiger partial charge is 0.281 e. The van der Waals surface area contributed by atoms with Crippen LogP contribution in [0, 0.1) is 0 Å². The largest absolute Gasteiger partial charge is 0.339 e. The lowest BCUT2D eigenvalue weighted by molar-refractivity contribution is 0.347. The molecule has 9 heteroatoms. The van der Waals surface area contributed by atoms with E-state index < -0.39 is 10.2 Å². The molecule has 8 nitrogen and oxygen atoms in total. The van der Waals surface area contributed by atoms with Gasteiger partial charge < -0.3 is 4.52 Å². The van der Waals surface area contributed by atoms with E-state index in [2.05, 4.69) is 15.1 Å². The van der Waals surface area contributed by atoms with E-state index in [9.17, 15) is 8.42 Å². The van der Waals surface area contributed by atoms with E-state index >= 15 is 0 Å². The molecule has 0 saturated carbocycles. The number of hydrogen-bond acceptors (Lipinski definition) is 6. The molecule has 0 radical (unpaired) electrons. The third-order valence-electron chi connectivity index (χ3n) is 4.98. The van der Waals surface area contributed by atoms with E-state index in [0.717, 1.165) is 11.1 Å². The molecule has 3 aromatic rings. The summed E-state index contributed by atoms with van der Waals surface area (Å²) in [6.07, 6.45) is 3.46. The Kier molecular flexibility index (Phi) is 4.96. The first-order valence-corrected chi connectivity index (χ1v) is 10.3. The first-order valence-electron chi connectivity index (χ1n) is 8.93. The number of benzene rings is 1. The lowest BCUT2D eigenvalue weighted by Crippen LogP contribution is -2.38. The molecular formula is C19H21N5O3S. The fraction of sp³-hybridized carbons (Fsp3) is 0.316. The zero-order valence-electron chi connectivity index (χ0n) is 15.6. The molecule has 2 aromatic heterocycles. The first-order chi connectivity index (χ1) is 13.5. The van der Waals surface area contributed by atoms with Crippen molar-refractivity contribution in [3.63, 3.8) is 0 Å². The summed E-state index contributed by atoms with van der Waals surface area (Å²) in [4.78, 5) is 8.75. The second kappa shape index (κ2) is 7.42. The molecule has 1 aliphatic rings. The Balaban J connectivity index is 1.70. The van der Waals surface area contributed by atoms with E-state index in [4.69, 9.17) is 4.52 Å². The summed E-state index contributed by atoms with van der Waals surface area (Å²) in [5.41, 5.74) is 1.80. The van der Waals surface area contributed by atoms with Gasteiger partial charge in [-0.25, -0.2) is 0 Å². The van der Waals surface area contributed by atoms with Crippen molar-refractivity contribution in [3.8, 4) is 11.4 Å². The molecule has 146 valence electrons. The highest BCUT2D eigenvalue weighted by atomic mass is 32.2. The Morgan fingerprint density at radius 1 is 1.07 bits per heavy atom. The van der Waals surface area contributed by atoms with Gasteiger partial charge in [0.05, 0.1) is 5.92 Å². The normalized spacial score (nSPS) is 20.7. The quantitative estimate of drug-likeness (QED) is 0.653. The maximum Gasteiger partial charge on any atom is 0.281 e. The van der Waals surface area contributed by atoms with Crippen molar-refractivity contribution in [1.82, 2.24) is 23.7 Å². The van der Waals surface area contributed by atoms with Crippen molar-refractivity contribution >= 4 is 10.2 Å². The molecule has 0 amide bonds. The van der Waals surface area contributed by atoms with E-state index in [0.29, 0.717) is 18.3 Å². The van der Waals surface area contributed by atoms with Crippen molar-refractivity contribution in [2.75, 3.05) is 27.2 Å². The molecule has 1 aliphatic heterocycles. The van der Waals surface area contributed by atoms with E-state index in [-0.39, 0.29) is 18.4 Å². The maximum absolute atomic E-state index is 12.7. The van der Waals surface area contributed by atoms with Crippen LogP contribution in [0.1, 0.15) is 23.3 Å². The molecule has 1 saturated heterocycles. The van der Waals surface area contributed by atoms with Gasteiger partial charge >= 0.3 is 0 Å². The first kappa shape index (κ1) is 18.7. The summed E-state index contributed by atoms with van der Waals surface area (Å²) in [6, 6.07) is 13.3. The topological polar surface area (TPSA) is 92.4 Å². The SMILES string of the molecule is CN(C)S(=O)(=O)N1C[C@@H](c2cccnc2)[C@H](c2nc(-c3ccccc3)no2)C1. The van der Waals surface area contributed by atoms with Gasteiger partial charge in [-0.15, -0.1) is 0 Å². The number of rotatable bonds is 5. The van der Waals surface area contributed by atoms with Gasteiger partial charge in [-0.1, -0.05) is 41.6 Å². The molecule has 0 spiro atoms. The number of nitrogens with zero attached hydrogens (tertiary/aromatic N) is 5. The molecule has 28 heavy (non-hydrogen) atoms. The zero-order valence-corrected chi connectivity index (χ0v) is 16.5. The molecule has 2 atom stereocenters. The monoisotopic (exact) mass is 399 g/mol. The summed E-state index contributed by atoms with van der Waals surface area (Å²) in [5.74, 6) is 0.565. The van der Waals surface area contributed by atoms with Gasteiger partial charge in [0.25, 0.3) is 10.2 Å². The highest BCUT2D eigenvalue weighted by molar-refractivity contribution is 7.86. The van der Waals surface area contributed by atoms with Crippen LogP contribution in [-0.2, 0) is 10.2 Å². The van der Waals surface area contributed by atoms with Gasteiger partial charge in [0.15, 0.2) is 0 Å². The van der Waals surface area contributed by atoms with Crippen molar-refractivity contribution in [2.24, 2.45) is 0 Å². The summed E-state index contributed by atoms with van der Waals surface area (Å²) in [6.45, 7) is 0.608. The Bertz CT molecular complexity index is 1040. The third-order valence-corrected chi connectivity index (χ3v) is 6.85. The standard InChI is InChI=1S/C19H21N5O3S/c1-23(2)28(25,26)24-12-16(15-9-6-10-20-11-15)17(13-24)19-21-18(22-27-19)14-7-4-3-5-8-14/h3-11,16-17H,12-13H2,1-2H3/t16-,17+/m0/s1. The minimum Gasteiger partial charge on any atom is -0.339 e. The van der Waals surface area contributed by atoms with Crippen LogP contribution in [0.25, 0.3) is 11.4 Å². The van der Waals surface area contributed by atoms with Crippen LogP contribution in [0.4, 0.5) is 0 Å². The average Bonchev–Trinajstić information content (AvgIpc) is 3.37. The molecule has 1 fully saturated rings. The number of hydrogen-bond donors (Lipinski definition) is 0. The number of aromatic nitrogens is 3. The van der Waals surface area contributed by atoms with Gasteiger partial charge in [0, 0.05) is 51.1 Å². The summed E-state index contributed by atoms with van der Waals surface area (Å²) >= 11 is 0. The lowest BCUT2D eigenvalue weighted by Gasteiger charge is -2.20. The Labute approximate surface area is 164 Å². The lowest BCUT2D eigenvalue weighted by atomic mass is 9.90. The predicted molar refractivity (Wildman–Crippen MR) is 104 cm³/mol. The van der Waals surface area contributed by atoms with Crippen molar-refractivity contribution < 1.29 is 12.9 Å². The van der Waals surface area contributed by atoms with Crippen molar-refractivity contribution in [3.05, 3.63) is 66.3 Å². The van der Waals surface area contributed by atoms with E-state index in [1.807, 2.05) is 42.5 Å². The Hall–Kier alpha value is -2.62. The van der Waals surface area contributed by atoms with Crippen molar-refractivity contribution in [2.45, 2.75) is 11.8 Å². The van der Waals surface area contributed by atoms with Gasteiger partial charge in [0.2, 0.25) is 11.7 Å². The van der Waals surface area contributed by atoms with Gasteiger partial charge in [-0.05, 0) is 11.6 Å². The fourth-order valence-electron chi connectivity index (χ4n) is 3.46. The third kappa shape index (κ3) is 3.44. The Morgan fingerprint density at radius 2 is 1.82 bits per heavy atom. The summed E-state index contributed by atoms with van der Waals surface area (Å²) < 4.78 is 33.6. The summed E-state index contributed by atoms with van der Waals surface area (Å²) in [7, 11) is -0.488. The van der Waals surface area contributed by atoms with Crippen LogP contribution in [-0.4, -0.2) is 59.3 Å². The molecular weight excluding hydrogens is 378 g/mol. The molecule has 0 N–H and O–H groups in total. The van der Waals surface area contributed by atoms with Crippen LogP contribution in [0.2, 0.25) is 0 Å². The zero-order chi connectivity index (χ0) is 19.7. The fourth-order valence-corrected chi connectivity index (χ4v) is 4.62. The molecule has 1 aromatic carbocycles. The summed E-state index contributed by atoms with van der Waals surface area (Å²) in [5, 5.41) is 4.10. The van der Waals surface area contributed by atoms with Crippen LogP contribution >= 0.6 is 0 Å². The van der Waals surface area contributed by atoms with Gasteiger partial charge in [-0.3, -0.25) is 4.98 Å². The van der Waals surface area contributed by atoms with Gasteiger partial charge in [0.1, 0.15) is 0 Å². The molecule has 0 unspecified atom stereocenters. The minimum atomic E-state index is -3.55. The minimum absolute atomic E-state index is 0.118. The number of pyridine rings is 1. The molecule has 0 bridgehead atoms. The second-order valence-corrected chi connectivity index (χ2v) is 9.07. The predicted octanol–water partition coefficient (Wildman–Crippen LogP) is 2.12. The molecule has 3 heterocycles. The highest BCUT2D eigenvalue weighted by Crippen LogP contribution is 2.40. The average molecular weight is 399 g/mol. The highest BCUT2D eigenvalue weighted by Gasteiger charge is 2.43. The van der Waals surface area contributed by atoms with Gasteiger partial charge in [-0.2, -0.15) is 22.0 Å². The molecule has 0 aliphatic carbocycles. The van der Waals surface area contributed by atoms with Crippen LogP contribution in [0.5, 0.6) is 0 Å². The van der Waals surface area contributed by atoms with Crippen LogP contribution < -0.4 is 0 Å². The maximum atomic E-state index is 12.7. The van der Waals surface area contributed by atoms with Crippen LogP contribution in [0.15, 0.2) is 59.4 Å². The van der Waals surface area contributed by atoms with Crippen molar-refractivity contribution in [1.29, 1.82) is 0 Å². The Morgan fingerprint density at radius 3 is 2.50 bits per heavy atom. The second-order valence-electron chi connectivity index (χ2n) is 6.93. The van der Waals surface area contributed by atoms with Crippen LogP contribution in [0.3, 0.4) is 0 Å².